The van der Waals surface area contributed by atoms with Crippen LogP contribution in [-0.4, -0.2) is 37.8 Å². The molecule has 0 saturated carbocycles. The number of nitrogens with zero attached hydrogens (tertiary/aromatic N) is 1. The van der Waals surface area contributed by atoms with E-state index in [1.165, 1.54) is 18.2 Å². The van der Waals surface area contributed by atoms with Gasteiger partial charge in [0, 0.05) is 17.6 Å². The lowest BCUT2D eigenvalue weighted by molar-refractivity contribution is -0.121. The first kappa shape index (κ1) is 21.7. The highest BCUT2D eigenvalue weighted by Crippen LogP contribution is 2.27. The van der Waals surface area contributed by atoms with Crippen LogP contribution >= 0.6 is 23.2 Å². The summed E-state index contributed by atoms with van der Waals surface area (Å²) in [5, 5.41) is 3.04. The number of carbonyl (C=O) groups excluding carboxylic acids is 1. The van der Waals surface area contributed by atoms with Crippen molar-refractivity contribution in [3.05, 3.63) is 64.1 Å². The number of sulfonamides is 1. The van der Waals surface area contributed by atoms with Crippen LogP contribution in [0.1, 0.15) is 19.4 Å². The maximum absolute atomic E-state index is 13.2. The Hall–Kier alpha value is -1.60. The maximum atomic E-state index is 13.2. The molecule has 1 N–H and O–H groups in total. The Morgan fingerprint density at radius 3 is 2.41 bits per heavy atom. The monoisotopic (exact) mass is 428 g/mol. The fourth-order valence-corrected chi connectivity index (χ4v) is 4.66. The topological polar surface area (TPSA) is 66.5 Å². The molecule has 5 nitrogen and oxygen atoms in total. The van der Waals surface area contributed by atoms with Crippen molar-refractivity contribution < 1.29 is 13.2 Å². The number of amides is 1. The molecule has 0 aromatic heterocycles. The van der Waals surface area contributed by atoms with Crippen molar-refractivity contribution >= 4 is 39.1 Å². The van der Waals surface area contributed by atoms with Crippen molar-refractivity contribution in [3.8, 4) is 0 Å². The first-order valence-corrected chi connectivity index (χ1v) is 10.7. The van der Waals surface area contributed by atoms with Crippen molar-refractivity contribution in [1.82, 2.24) is 9.62 Å². The number of carbonyl (C=O) groups is 1. The van der Waals surface area contributed by atoms with E-state index in [1.807, 2.05) is 44.2 Å². The summed E-state index contributed by atoms with van der Waals surface area (Å²) < 4.78 is 27.4. The minimum absolute atomic E-state index is 0.0633. The Labute approximate surface area is 170 Å². The molecule has 2 rings (SSSR count). The first-order valence-electron chi connectivity index (χ1n) is 8.48. The molecule has 0 spiro atoms. The second-order valence-corrected chi connectivity index (χ2v) is 9.12. The molecule has 1 amide bonds. The van der Waals surface area contributed by atoms with Crippen molar-refractivity contribution in [1.29, 1.82) is 0 Å². The van der Waals surface area contributed by atoms with Gasteiger partial charge in [-0.25, -0.2) is 8.42 Å². The van der Waals surface area contributed by atoms with Gasteiger partial charge in [0.15, 0.2) is 0 Å². The molecule has 0 aliphatic heterocycles. The van der Waals surface area contributed by atoms with Gasteiger partial charge in [-0.15, -0.1) is 0 Å². The zero-order chi connectivity index (χ0) is 20.0. The first-order chi connectivity index (χ1) is 12.7. The van der Waals surface area contributed by atoms with Crippen molar-refractivity contribution in [2.75, 3.05) is 13.1 Å². The van der Waals surface area contributed by atoms with E-state index in [1.54, 1.807) is 0 Å². The second kappa shape index (κ2) is 9.55. The summed E-state index contributed by atoms with van der Waals surface area (Å²) in [7, 11) is -4.00. The largest absolute Gasteiger partial charge is 0.353 e. The van der Waals surface area contributed by atoms with Gasteiger partial charge in [0.05, 0.1) is 11.6 Å². The van der Waals surface area contributed by atoms with E-state index in [2.05, 4.69) is 5.32 Å². The highest BCUT2D eigenvalue weighted by Gasteiger charge is 2.29. The van der Waals surface area contributed by atoms with Gasteiger partial charge in [0.1, 0.15) is 4.90 Å². The van der Waals surface area contributed by atoms with Gasteiger partial charge in [0.2, 0.25) is 15.9 Å². The van der Waals surface area contributed by atoms with Crippen LogP contribution in [0.25, 0.3) is 0 Å². The molecule has 0 saturated heterocycles. The standard InChI is InChI=1S/C19H22Cl2N2O3S/c1-14(2)22-19(24)13-23(11-10-15-6-4-3-5-7-15)27(25,26)18-12-16(20)8-9-17(18)21/h3-9,12,14H,10-11,13H2,1-2H3,(H,22,24). The van der Waals surface area contributed by atoms with Crippen molar-refractivity contribution in [2.24, 2.45) is 0 Å². The second-order valence-electron chi connectivity index (χ2n) is 6.37. The predicted molar refractivity (Wildman–Crippen MR) is 109 cm³/mol. The molecule has 0 aliphatic rings. The van der Waals surface area contributed by atoms with Gasteiger partial charge >= 0.3 is 0 Å². The minimum atomic E-state index is -4.00. The third-order valence-electron chi connectivity index (χ3n) is 3.77. The smallest absolute Gasteiger partial charge is 0.245 e. The third kappa shape index (κ3) is 6.21. The molecule has 0 unspecified atom stereocenters. The highest BCUT2D eigenvalue weighted by molar-refractivity contribution is 7.89. The zero-order valence-corrected chi connectivity index (χ0v) is 17.5. The lowest BCUT2D eigenvalue weighted by atomic mass is 10.1. The van der Waals surface area contributed by atoms with Gasteiger partial charge in [-0.05, 0) is 44.0 Å². The van der Waals surface area contributed by atoms with Crippen LogP contribution in [-0.2, 0) is 21.2 Å². The molecule has 0 heterocycles. The molecule has 27 heavy (non-hydrogen) atoms. The fourth-order valence-electron chi connectivity index (χ4n) is 2.52. The van der Waals surface area contributed by atoms with Crippen LogP contribution in [0.3, 0.4) is 0 Å². The molecular weight excluding hydrogens is 407 g/mol. The molecule has 8 heteroatoms. The molecule has 0 aliphatic carbocycles. The average molecular weight is 429 g/mol. The fraction of sp³-hybridized carbons (Fsp3) is 0.316. The normalized spacial score (nSPS) is 11.8. The number of nitrogens with one attached hydrogen (secondary N) is 1. The summed E-state index contributed by atoms with van der Waals surface area (Å²) in [4.78, 5) is 12.1. The van der Waals surface area contributed by atoms with E-state index in [9.17, 15) is 13.2 Å². The molecular formula is C19H22Cl2N2O3S. The Kier molecular flexibility index (Phi) is 7.68. The van der Waals surface area contributed by atoms with Gasteiger partial charge in [-0.2, -0.15) is 4.31 Å². The van der Waals surface area contributed by atoms with Crippen LogP contribution in [0.2, 0.25) is 10.0 Å². The Balaban J connectivity index is 2.31. The summed E-state index contributed by atoms with van der Waals surface area (Å²) in [5.41, 5.74) is 0.971. The van der Waals surface area contributed by atoms with E-state index in [0.29, 0.717) is 6.42 Å². The summed E-state index contributed by atoms with van der Waals surface area (Å²) >= 11 is 12.1. The van der Waals surface area contributed by atoms with Crippen LogP contribution in [0.5, 0.6) is 0 Å². The predicted octanol–water partition coefficient (Wildman–Crippen LogP) is 3.75. The van der Waals surface area contributed by atoms with E-state index >= 15 is 0 Å². The van der Waals surface area contributed by atoms with Crippen LogP contribution in [0.4, 0.5) is 0 Å². The molecule has 0 atom stereocenters. The lowest BCUT2D eigenvalue weighted by Gasteiger charge is -2.23. The number of halogens is 2. The van der Waals surface area contributed by atoms with E-state index < -0.39 is 10.0 Å². The molecule has 2 aromatic carbocycles. The Morgan fingerprint density at radius 2 is 1.78 bits per heavy atom. The van der Waals surface area contributed by atoms with Crippen LogP contribution < -0.4 is 5.32 Å². The molecule has 2 aromatic rings. The maximum Gasteiger partial charge on any atom is 0.245 e. The van der Waals surface area contributed by atoms with E-state index in [-0.39, 0.29) is 40.0 Å². The van der Waals surface area contributed by atoms with Gasteiger partial charge in [-0.3, -0.25) is 4.79 Å². The number of hydrogen-bond donors (Lipinski definition) is 1. The van der Waals surface area contributed by atoms with Crippen LogP contribution in [0.15, 0.2) is 53.4 Å². The zero-order valence-electron chi connectivity index (χ0n) is 15.2. The molecule has 0 fully saturated rings. The summed E-state index contributed by atoms with van der Waals surface area (Å²) in [5.74, 6) is -0.375. The number of rotatable bonds is 8. The van der Waals surface area contributed by atoms with Crippen LogP contribution in [0, 0.1) is 0 Å². The Morgan fingerprint density at radius 1 is 1.11 bits per heavy atom. The number of hydrogen-bond acceptors (Lipinski definition) is 3. The van der Waals surface area contributed by atoms with Gasteiger partial charge in [-0.1, -0.05) is 53.5 Å². The SMILES string of the molecule is CC(C)NC(=O)CN(CCc1ccccc1)S(=O)(=O)c1cc(Cl)ccc1Cl. The molecule has 0 radical (unpaired) electrons. The number of benzene rings is 2. The lowest BCUT2D eigenvalue weighted by Crippen LogP contribution is -2.43. The summed E-state index contributed by atoms with van der Waals surface area (Å²) in [6, 6.07) is 13.6. The van der Waals surface area contributed by atoms with Gasteiger partial charge in [0.25, 0.3) is 0 Å². The van der Waals surface area contributed by atoms with Crippen molar-refractivity contribution in [3.63, 3.8) is 0 Å². The molecule has 146 valence electrons. The Bertz CT molecular complexity index is 887. The van der Waals surface area contributed by atoms with E-state index in [4.69, 9.17) is 23.2 Å². The quantitative estimate of drug-likeness (QED) is 0.695. The summed E-state index contributed by atoms with van der Waals surface area (Å²) in [6.45, 7) is 3.47. The minimum Gasteiger partial charge on any atom is -0.353 e. The molecule has 0 bridgehead atoms. The van der Waals surface area contributed by atoms with E-state index in [0.717, 1.165) is 9.87 Å². The summed E-state index contributed by atoms with van der Waals surface area (Å²) in [6.07, 6.45) is 0.465. The average Bonchev–Trinajstić information content (AvgIpc) is 2.60. The van der Waals surface area contributed by atoms with Gasteiger partial charge < -0.3 is 5.32 Å². The van der Waals surface area contributed by atoms with Crippen molar-refractivity contribution in [2.45, 2.75) is 31.2 Å². The third-order valence-corrected chi connectivity index (χ3v) is 6.34. The highest BCUT2D eigenvalue weighted by atomic mass is 35.5.